The number of methoxy groups -OCH3 is 4. The van der Waals surface area contributed by atoms with Crippen LogP contribution < -0.4 is 16.0 Å². The van der Waals surface area contributed by atoms with E-state index in [2.05, 4.69) is 63.5 Å². The lowest BCUT2D eigenvalue weighted by Crippen LogP contribution is -2.65. The summed E-state index contributed by atoms with van der Waals surface area (Å²) in [5.41, 5.74) is 7.66. The molecule has 5 N–H and O–H groups in total. The molecule has 0 spiro atoms. The highest BCUT2D eigenvalue weighted by Gasteiger charge is 2.57. The van der Waals surface area contributed by atoms with Crippen LogP contribution in [0.3, 0.4) is 0 Å². The van der Waals surface area contributed by atoms with Crippen molar-refractivity contribution in [3.63, 3.8) is 0 Å². The van der Waals surface area contributed by atoms with Gasteiger partial charge >= 0.3 is 35.8 Å². The second kappa shape index (κ2) is 40.8. The van der Waals surface area contributed by atoms with Crippen molar-refractivity contribution in [2.75, 3.05) is 28.4 Å². The van der Waals surface area contributed by atoms with Crippen molar-refractivity contribution in [3.8, 4) is 0 Å². The van der Waals surface area contributed by atoms with E-state index in [4.69, 9.17) is 19.7 Å². The number of esters is 4. The van der Waals surface area contributed by atoms with Gasteiger partial charge in [-0.1, -0.05) is 166 Å². The van der Waals surface area contributed by atoms with Crippen LogP contribution >= 0.6 is 0 Å². The molecule has 18 heteroatoms. The fourth-order valence-corrected chi connectivity index (χ4v) is 7.88. The van der Waals surface area contributed by atoms with Crippen molar-refractivity contribution in [2.24, 2.45) is 0 Å². The molecular weight excluding hydrogens is 1000 g/mol. The SMILES string of the molecule is CC.CC.CC.CC.CCc1ccccc1CC.COC(=O)C(NC(C)=O)C(=O)OC.COC(=O)C1(C(=O)OC)Cc2ccccc2CN1C(C)=O.O=C(O)C1Cc2ccccc2CN1.O=C(O)C1Cc2ccccc2CN1. The van der Waals surface area contributed by atoms with Crippen LogP contribution in [-0.2, 0) is 109 Å². The molecule has 18 nitrogen and oxygen atoms in total. The molecule has 3 heterocycles. The lowest BCUT2D eigenvalue weighted by Gasteiger charge is -2.42. The lowest BCUT2D eigenvalue weighted by molar-refractivity contribution is -0.178. The molecule has 0 saturated carbocycles. The largest absolute Gasteiger partial charge is 0.480 e. The Hall–Kier alpha value is -7.44. The standard InChI is InChI=1S/C15H17NO5.2C10H11NO2.C10H14.C7H11NO5.4C2H6/c1-10(17)16-9-12-7-5-4-6-11(12)8-15(16,13(18)20-2)14(19)21-3;2*12-10(13)9-5-7-3-1-2-4-8(7)6-11-9;1-3-9-7-5-6-8-10(9)4-2;1-4(9)8-5(6(10)12-2)7(11)13-3;4*1-2/h4-7H,8-9H2,1-3H3;2*1-4,9,11H,5-6H2,(H,12,13);5-8H,3-4H2,1-2H3;5H,1-3H3,(H,8,9);4*1-2H3. The van der Waals surface area contributed by atoms with Gasteiger partial charge in [-0.25, -0.2) is 19.2 Å². The zero-order chi connectivity index (χ0) is 60.0. The van der Waals surface area contributed by atoms with Gasteiger partial charge in [0.25, 0.3) is 0 Å². The van der Waals surface area contributed by atoms with Crippen molar-refractivity contribution < 1.29 is 67.5 Å². The summed E-state index contributed by atoms with van der Waals surface area (Å²) >= 11 is 0. The van der Waals surface area contributed by atoms with Crippen LogP contribution in [0.4, 0.5) is 0 Å². The maximum absolute atomic E-state index is 12.3. The van der Waals surface area contributed by atoms with Gasteiger partial charge in [0.05, 0.1) is 28.4 Å². The monoisotopic (exact) mass is 1090 g/mol. The quantitative estimate of drug-likeness (QED) is 0.0605. The van der Waals surface area contributed by atoms with E-state index in [9.17, 15) is 38.4 Å². The number of nitrogens with zero attached hydrogens (tertiary/aromatic N) is 1. The van der Waals surface area contributed by atoms with Crippen LogP contribution in [0.5, 0.6) is 0 Å². The Labute approximate surface area is 463 Å². The Morgan fingerprint density at radius 2 is 0.872 bits per heavy atom. The summed E-state index contributed by atoms with van der Waals surface area (Å²) in [6, 6.07) is 29.7. The van der Waals surface area contributed by atoms with E-state index in [0.29, 0.717) is 25.9 Å². The van der Waals surface area contributed by atoms with Gasteiger partial charge in [-0.15, -0.1) is 0 Å². The topological polar surface area (TPSA) is 253 Å². The van der Waals surface area contributed by atoms with Crippen LogP contribution in [-0.4, -0.2) is 115 Å². The van der Waals surface area contributed by atoms with Crippen molar-refractivity contribution in [1.29, 1.82) is 0 Å². The smallest absolute Gasteiger partial charge is 0.344 e. The summed E-state index contributed by atoms with van der Waals surface area (Å²) in [5, 5.41) is 25.6. The molecule has 2 amide bonds. The van der Waals surface area contributed by atoms with Gasteiger partial charge < -0.3 is 50.0 Å². The number of hydrogen-bond acceptors (Lipinski definition) is 14. The minimum Gasteiger partial charge on any atom is -0.480 e. The molecule has 4 aromatic rings. The van der Waals surface area contributed by atoms with Gasteiger partial charge in [-0.2, -0.15) is 0 Å². The van der Waals surface area contributed by atoms with Crippen LogP contribution in [0.1, 0.15) is 128 Å². The predicted molar refractivity (Wildman–Crippen MR) is 302 cm³/mol. The first kappa shape index (κ1) is 72.6. The normalized spacial score (nSPS) is 14.3. The first-order chi connectivity index (χ1) is 37.4. The molecule has 0 saturated heterocycles. The molecule has 0 fully saturated rings. The maximum atomic E-state index is 12.3. The molecule has 7 rings (SSSR count). The molecule has 3 aliphatic rings. The van der Waals surface area contributed by atoms with Crippen LogP contribution in [0.25, 0.3) is 0 Å². The summed E-state index contributed by atoms with van der Waals surface area (Å²) in [6.45, 7) is 24.4. The first-order valence-corrected chi connectivity index (χ1v) is 26.5. The molecule has 432 valence electrons. The van der Waals surface area contributed by atoms with Crippen LogP contribution in [0, 0.1) is 0 Å². The number of hydrogen-bond donors (Lipinski definition) is 5. The Morgan fingerprint density at radius 3 is 1.18 bits per heavy atom. The maximum Gasteiger partial charge on any atom is 0.344 e. The van der Waals surface area contributed by atoms with Crippen molar-refractivity contribution in [3.05, 3.63) is 142 Å². The Bertz CT molecular complexity index is 2340. The summed E-state index contributed by atoms with van der Waals surface area (Å²) in [7, 11) is 4.60. The molecule has 0 aliphatic carbocycles. The molecule has 78 heavy (non-hydrogen) atoms. The minimum atomic E-state index is -1.76. The minimum absolute atomic E-state index is 0.0437. The van der Waals surface area contributed by atoms with Crippen molar-refractivity contribution in [2.45, 2.75) is 158 Å². The van der Waals surface area contributed by atoms with Gasteiger partial charge in [0.2, 0.25) is 23.4 Å². The number of ether oxygens (including phenoxy) is 4. The number of benzene rings is 4. The Morgan fingerprint density at radius 1 is 0.538 bits per heavy atom. The molecule has 0 bridgehead atoms. The highest BCUT2D eigenvalue weighted by molar-refractivity contribution is 6.08. The van der Waals surface area contributed by atoms with Crippen LogP contribution in [0.15, 0.2) is 97.1 Å². The molecule has 2 unspecified atom stereocenters. The number of aliphatic carboxylic acids is 2. The third kappa shape index (κ3) is 22.6. The number of carbonyl (C=O) groups excluding carboxylic acids is 6. The summed E-state index contributed by atoms with van der Waals surface area (Å²) in [6.07, 6.45) is 3.53. The number of carbonyl (C=O) groups is 8. The van der Waals surface area contributed by atoms with Crippen LogP contribution in [0.2, 0.25) is 0 Å². The van der Waals surface area contributed by atoms with Crippen molar-refractivity contribution >= 4 is 47.6 Å². The van der Waals surface area contributed by atoms with E-state index in [0.717, 1.165) is 49.3 Å². The van der Waals surface area contributed by atoms with Gasteiger partial charge in [-0.05, 0) is 70.2 Å². The molecular formula is C60H88N4O14. The molecule has 4 aromatic carbocycles. The summed E-state index contributed by atoms with van der Waals surface area (Å²) < 4.78 is 18.1. The number of rotatable bonds is 9. The number of carboxylic acid groups (broad SMARTS) is 2. The first-order valence-electron chi connectivity index (χ1n) is 26.5. The van der Waals surface area contributed by atoms with Crippen molar-refractivity contribution in [1.82, 2.24) is 20.9 Å². The van der Waals surface area contributed by atoms with E-state index in [1.807, 2.05) is 128 Å². The number of nitrogens with one attached hydrogen (secondary N) is 3. The molecule has 3 aliphatic heterocycles. The lowest BCUT2D eigenvalue weighted by atomic mass is 9.82. The number of fused-ring (bicyclic) bond motifs is 3. The van der Waals surface area contributed by atoms with E-state index < -0.39 is 65.4 Å². The third-order valence-corrected chi connectivity index (χ3v) is 11.6. The number of aryl methyl sites for hydroxylation is 2. The zero-order valence-corrected chi connectivity index (χ0v) is 48.9. The number of carboxylic acids is 2. The van der Waals surface area contributed by atoms with E-state index in [1.165, 1.54) is 55.2 Å². The van der Waals surface area contributed by atoms with Gasteiger partial charge in [0.15, 0.2) is 0 Å². The highest BCUT2D eigenvalue weighted by Crippen LogP contribution is 2.33. The Kier molecular flexibility index (Phi) is 38.0. The highest BCUT2D eigenvalue weighted by atomic mass is 16.6. The molecule has 2 atom stereocenters. The second-order valence-corrected chi connectivity index (χ2v) is 16.0. The fraction of sp³-hybridized carbons (Fsp3) is 0.467. The zero-order valence-electron chi connectivity index (χ0n) is 48.9. The molecule has 0 radical (unpaired) electrons. The predicted octanol–water partition coefficient (Wildman–Crippen LogP) is 8.00. The number of amides is 2. The summed E-state index contributed by atoms with van der Waals surface area (Å²) in [5.74, 6) is -5.74. The Balaban J connectivity index is 0. The fourth-order valence-electron chi connectivity index (χ4n) is 7.88. The third-order valence-electron chi connectivity index (χ3n) is 11.6. The van der Waals surface area contributed by atoms with E-state index in [-0.39, 0.29) is 18.9 Å². The van der Waals surface area contributed by atoms with E-state index in [1.54, 1.807) is 0 Å². The summed E-state index contributed by atoms with van der Waals surface area (Å²) in [4.78, 5) is 91.6. The molecule has 0 aromatic heterocycles. The van der Waals surface area contributed by atoms with E-state index >= 15 is 0 Å². The van der Waals surface area contributed by atoms with Gasteiger partial charge in [-0.3, -0.25) is 19.2 Å². The second-order valence-electron chi connectivity index (χ2n) is 16.0. The van der Waals surface area contributed by atoms with Gasteiger partial charge in [0, 0.05) is 39.9 Å². The average Bonchev–Trinajstić information content (AvgIpc) is 3.50. The van der Waals surface area contributed by atoms with Gasteiger partial charge in [0.1, 0.15) is 12.1 Å². The average molecular weight is 1090 g/mol.